The lowest BCUT2D eigenvalue weighted by atomic mass is 10.0. The zero-order valence-electron chi connectivity index (χ0n) is 23.7. The highest BCUT2D eigenvalue weighted by Crippen LogP contribution is 2.36. The minimum atomic E-state index is -0.105. The molecule has 0 spiro atoms. The fraction of sp³-hybridized carbons (Fsp3) is 0.176. The average molecular weight is 581 g/mol. The van der Waals surface area contributed by atoms with Crippen LogP contribution in [-0.2, 0) is 13.0 Å². The maximum Gasteiger partial charge on any atom is 0.205 e. The number of phenols is 1. The van der Waals surface area contributed by atoms with E-state index in [0.29, 0.717) is 35.0 Å². The summed E-state index contributed by atoms with van der Waals surface area (Å²) in [6.07, 6.45) is 0.765. The Hall–Kier alpha value is -4.82. The van der Waals surface area contributed by atoms with Gasteiger partial charge >= 0.3 is 0 Å². The summed E-state index contributed by atoms with van der Waals surface area (Å²) in [4.78, 5) is 21.7. The van der Waals surface area contributed by atoms with Gasteiger partial charge in [-0.05, 0) is 90.3 Å². The molecule has 0 amide bonds. The standard InChI is InChI=1S/C34H32N2O5S/c1-39-28-14-6-23(7-15-28)20-21-36(22-24-4-12-27(37)13-5-24)34-35-31(25-8-16-29(40-2)17-9-25)33(42-34)32(38)26-10-18-30(41-3)19-11-26/h4-19,37H,20-22H2,1-3H3. The van der Waals surface area contributed by atoms with Crippen molar-refractivity contribution in [3.63, 3.8) is 0 Å². The second-order valence-corrected chi connectivity index (χ2v) is 10.6. The van der Waals surface area contributed by atoms with Gasteiger partial charge in [0.1, 0.15) is 27.9 Å². The van der Waals surface area contributed by atoms with E-state index in [4.69, 9.17) is 19.2 Å². The summed E-state index contributed by atoms with van der Waals surface area (Å²) >= 11 is 1.38. The molecule has 4 aromatic carbocycles. The van der Waals surface area contributed by atoms with Gasteiger partial charge in [0.15, 0.2) is 5.13 Å². The molecule has 0 fully saturated rings. The number of hydrogen-bond donors (Lipinski definition) is 1. The number of benzene rings is 4. The Balaban J connectivity index is 1.53. The van der Waals surface area contributed by atoms with Gasteiger partial charge in [0, 0.05) is 24.2 Å². The summed E-state index contributed by atoms with van der Waals surface area (Å²) in [5.74, 6) is 2.33. The summed E-state index contributed by atoms with van der Waals surface area (Å²) in [7, 11) is 4.88. The smallest absolute Gasteiger partial charge is 0.205 e. The van der Waals surface area contributed by atoms with Gasteiger partial charge in [0.05, 0.1) is 27.0 Å². The summed E-state index contributed by atoms with van der Waals surface area (Å²) in [5, 5.41) is 10.6. The predicted octanol–water partition coefficient (Wildman–Crippen LogP) is 7.02. The number of rotatable bonds is 12. The van der Waals surface area contributed by atoms with E-state index in [2.05, 4.69) is 17.0 Å². The molecule has 1 heterocycles. The molecular weight excluding hydrogens is 548 g/mol. The van der Waals surface area contributed by atoms with Crippen LogP contribution in [0.1, 0.15) is 26.4 Å². The van der Waals surface area contributed by atoms with Crippen LogP contribution in [0.4, 0.5) is 5.13 Å². The third-order valence-electron chi connectivity index (χ3n) is 6.95. The Morgan fingerprint density at radius 3 is 1.83 bits per heavy atom. The van der Waals surface area contributed by atoms with Crippen LogP contribution in [0.5, 0.6) is 23.0 Å². The highest BCUT2D eigenvalue weighted by Gasteiger charge is 2.24. The number of thiazole rings is 1. The van der Waals surface area contributed by atoms with E-state index in [1.807, 2.05) is 48.5 Å². The molecular formula is C34H32N2O5S. The molecule has 0 atom stereocenters. The fourth-order valence-corrected chi connectivity index (χ4v) is 5.61. The molecule has 0 saturated carbocycles. The van der Waals surface area contributed by atoms with Crippen molar-refractivity contribution in [2.24, 2.45) is 0 Å². The van der Waals surface area contributed by atoms with Crippen molar-refractivity contribution in [1.29, 1.82) is 0 Å². The van der Waals surface area contributed by atoms with Gasteiger partial charge in [-0.3, -0.25) is 4.79 Å². The number of nitrogens with zero attached hydrogens (tertiary/aromatic N) is 2. The number of carbonyl (C=O) groups is 1. The van der Waals surface area contributed by atoms with Crippen LogP contribution < -0.4 is 19.1 Å². The number of anilines is 1. The van der Waals surface area contributed by atoms with Gasteiger partial charge < -0.3 is 24.2 Å². The molecule has 0 radical (unpaired) electrons. The van der Waals surface area contributed by atoms with Crippen molar-refractivity contribution in [2.75, 3.05) is 32.8 Å². The average Bonchev–Trinajstić information content (AvgIpc) is 3.49. The normalized spacial score (nSPS) is 10.7. The van der Waals surface area contributed by atoms with Crippen molar-refractivity contribution in [1.82, 2.24) is 4.98 Å². The minimum Gasteiger partial charge on any atom is -0.508 e. The first-order chi connectivity index (χ1) is 20.5. The van der Waals surface area contributed by atoms with E-state index in [1.54, 1.807) is 57.7 Å². The zero-order chi connectivity index (χ0) is 29.5. The molecule has 1 N–H and O–H groups in total. The summed E-state index contributed by atoms with van der Waals surface area (Å²) < 4.78 is 15.9. The molecule has 0 unspecified atom stereocenters. The minimum absolute atomic E-state index is 0.105. The lowest BCUT2D eigenvalue weighted by Gasteiger charge is -2.22. The molecule has 5 aromatic rings. The number of methoxy groups -OCH3 is 3. The van der Waals surface area contributed by atoms with Gasteiger partial charge in [-0.2, -0.15) is 0 Å². The van der Waals surface area contributed by atoms with E-state index in [1.165, 1.54) is 11.3 Å². The molecule has 0 aliphatic rings. The Bertz CT molecular complexity index is 1610. The Morgan fingerprint density at radius 1 is 0.738 bits per heavy atom. The molecule has 8 heteroatoms. The van der Waals surface area contributed by atoms with Crippen molar-refractivity contribution < 1.29 is 24.1 Å². The molecule has 0 saturated heterocycles. The van der Waals surface area contributed by atoms with Gasteiger partial charge in [0.25, 0.3) is 0 Å². The number of aromatic hydroxyl groups is 1. The molecule has 0 bridgehead atoms. The SMILES string of the molecule is COc1ccc(CCN(Cc2ccc(O)cc2)c2nc(-c3ccc(OC)cc3)c(C(=O)c3ccc(OC)cc3)s2)cc1. The predicted molar refractivity (Wildman–Crippen MR) is 166 cm³/mol. The van der Waals surface area contributed by atoms with Crippen LogP contribution in [-0.4, -0.2) is 43.7 Å². The third kappa shape index (κ3) is 6.72. The van der Waals surface area contributed by atoms with Gasteiger partial charge in [-0.15, -0.1) is 0 Å². The second kappa shape index (κ2) is 13.2. The molecule has 0 aliphatic carbocycles. The van der Waals surface area contributed by atoms with E-state index in [0.717, 1.165) is 39.7 Å². The number of phenolic OH excluding ortho intramolecular Hbond substituents is 1. The highest BCUT2D eigenvalue weighted by atomic mass is 32.1. The number of aromatic nitrogens is 1. The van der Waals surface area contributed by atoms with Gasteiger partial charge in [0.2, 0.25) is 5.78 Å². The second-order valence-electron chi connectivity index (χ2n) is 9.65. The Labute approximate surface area is 249 Å². The van der Waals surface area contributed by atoms with Crippen LogP contribution >= 0.6 is 11.3 Å². The van der Waals surface area contributed by atoms with Crippen molar-refractivity contribution >= 4 is 22.3 Å². The fourth-order valence-electron chi connectivity index (χ4n) is 4.54. The van der Waals surface area contributed by atoms with Crippen molar-refractivity contribution in [3.05, 3.63) is 119 Å². The largest absolute Gasteiger partial charge is 0.508 e. The molecule has 5 rings (SSSR count). The van der Waals surface area contributed by atoms with Crippen molar-refractivity contribution in [2.45, 2.75) is 13.0 Å². The maximum atomic E-state index is 13.9. The van der Waals surface area contributed by atoms with E-state index < -0.39 is 0 Å². The topological polar surface area (TPSA) is 81.1 Å². The number of carbonyl (C=O) groups excluding carboxylic acids is 1. The van der Waals surface area contributed by atoms with Gasteiger partial charge in [-0.25, -0.2) is 4.98 Å². The number of ketones is 1. The monoisotopic (exact) mass is 580 g/mol. The Kier molecular flexibility index (Phi) is 9.04. The first kappa shape index (κ1) is 28.7. The van der Waals surface area contributed by atoms with Crippen LogP contribution in [0.3, 0.4) is 0 Å². The van der Waals surface area contributed by atoms with Gasteiger partial charge in [-0.1, -0.05) is 35.6 Å². The molecule has 7 nitrogen and oxygen atoms in total. The quantitative estimate of drug-likeness (QED) is 0.159. The zero-order valence-corrected chi connectivity index (χ0v) is 24.6. The summed E-state index contributed by atoms with van der Waals surface area (Å²) in [6, 6.07) is 29.9. The van der Waals surface area contributed by atoms with E-state index in [9.17, 15) is 9.90 Å². The Morgan fingerprint density at radius 2 is 1.26 bits per heavy atom. The lowest BCUT2D eigenvalue weighted by Crippen LogP contribution is -2.25. The molecule has 214 valence electrons. The molecule has 42 heavy (non-hydrogen) atoms. The third-order valence-corrected chi connectivity index (χ3v) is 8.06. The highest BCUT2D eigenvalue weighted by molar-refractivity contribution is 7.18. The number of ether oxygens (including phenoxy) is 3. The van der Waals surface area contributed by atoms with E-state index in [-0.39, 0.29) is 11.5 Å². The summed E-state index contributed by atoms with van der Waals surface area (Å²) in [5.41, 5.74) is 4.19. The molecule has 1 aromatic heterocycles. The summed E-state index contributed by atoms with van der Waals surface area (Å²) in [6.45, 7) is 1.22. The van der Waals surface area contributed by atoms with Crippen LogP contribution in [0.15, 0.2) is 97.1 Å². The number of hydrogen-bond acceptors (Lipinski definition) is 8. The first-order valence-electron chi connectivity index (χ1n) is 13.5. The van der Waals surface area contributed by atoms with E-state index >= 15 is 0 Å². The van der Waals surface area contributed by atoms with Crippen LogP contribution in [0, 0.1) is 0 Å². The van der Waals surface area contributed by atoms with Crippen LogP contribution in [0.2, 0.25) is 0 Å². The van der Waals surface area contributed by atoms with Crippen LogP contribution in [0.25, 0.3) is 11.3 Å². The maximum absolute atomic E-state index is 13.9. The van der Waals surface area contributed by atoms with Crippen molar-refractivity contribution in [3.8, 4) is 34.3 Å². The first-order valence-corrected chi connectivity index (χ1v) is 14.3. The molecule has 0 aliphatic heterocycles. The lowest BCUT2D eigenvalue weighted by molar-refractivity contribution is 0.104.